The van der Waals surface area contributed by atoms with E-state index in [1.807, 2.05) is 0 Å². The van der Waals surface area contributed by atoms with Gasteiger partial charge in [0.15, 0.2) is 5.75 Å². The number of nitrogens with two attached hydrogens (primary N) is 1. The molecule has 0 saturated carbocycles. The van der Waals surface area contributed by atoms with Gasteiger partial charge in [-0.25, -0.2) is 0 Å². The third-order valence-electron chi connectivity index (χ3n) is 6.23. The Bertz CT molecular complexity index is 1110. The zero-order valence-electron chi connectivity index (χ0n) is 18.9. The predicted octanol–water partition coefficient (Wildman–Crippen LogP) is 2.34. The summed E-state index contributed by atoms with van der Waals surface area (Å²) < 4.78 is 34.4. The van der Waals surface area contributed by atoms with E-state index in [0.29, 0.717) is 0 Å². The van der Waals surface area contributed by atoms with Crippen LogP contribution in [0.4, 0.5) is 5.69 Å². The van der Waals surface area contributed by atoms with Crippen LogP contribution in [0.15, 0.2) is 42.5 Å². The van der Waals surface area contributed by atoms with E-state index in [0.717, 1.165) is 70.5 Å². The number of benzene rings is 2. The molecule has 1 fully saturated rings. The quantitative estimate of drug-likeness (QED) is 0.616. The fourth-order valence-electron chi connectivity index (χ4n) is 4.61. The van der Waals surface area contributed by atoms with Crippen molar-refractivity contribution in [3.63, 3.8) is 0 Å². The second-order valence-electron chi connectivity index (χ2n) is 8.61. The second-order valence-corrected chi connectivity index (χ2v) is 10.2. The molecule has 0 aromatic heterocycles. The van der Waals surface area contributed by atoms with E-state index in [9.17, 15) is 13.2 Å². The van der Waals surface area contributed by atoms with E-state index in [2.05, 4.69) is 34.1 Å². The SMILES string of the molecule is CS(=O)(=O)Oc1cc(N2CCCN(CC[C@@H]3OCCc4ccccc43)CC2)ccc1C(N)=O. The summed E-state index contributed by atoms with van der Waals surface area (Å²) >= 11 is 0. The number of rotatable bonds is 7. The first-order valence-electron chi connectivity index (χ1n) is 11.3. The van der Waals surface area contributed by atoms with Gasteiger partial charge in [-0.1, -0.05) is 24.3 Å². The van der Waals surface area contributed by atoms with Crippen LogP contribution in [0.3, 0.4) is 0 Å². The minimum absolute atomic E-state index is 0.0308. The normalized spacial score (nSPS) is 19.5. The first-order valence-corrected chi connectivity index (χ1v) is 13.1. The third-order valence-corrected chi connectivity index (χ3v) is 6.71. The first-order chi connectivity index (χ1) is 15.8. The maximum Gasteiger partial charge on any atom is 0.306 e. The molecule has 1 atom stereocenters. The summed E-state index contributed by atoms with van der Waals surface area (Å²) in [4.78, 5) is 16.3. The van der Waals surface area contributed by atoms with Crippen molar-refractivity contribution >= 4 is 21.7 Å². The summed E-state index contributed by atoms with van der Waals surface area (Å²) in [6.45, 7) is 5.21. The Morgan fingerprint density at radius 2 is 1.97 bits per heavy atom. The Kier molecular flexibility index (Phi) is 7.21. The molecule has 2 N–H and O–H groups in total. The molecule has 0 spiro atoms. The molecule has 0 unspecified atom stereocenters. The maximum absolute atomic E-state index is 11.7. The van der Waals surface area contributed by atoms with Crippen LogP contribution < -0.4 is 14.8 Å². The molecule has 0 bridgehead atoms. The standard InChI is InChI=1S/C24H31N3O5S/c1-33(29,30)32-23-17-19(7-8-21(23)24(25)28)27-12-4-11-26(14-15-27)13-9-22-20-6-3-2-5-18(20)10-16-31-22/h2-3,5-8,17,22H,4,9-16H2,1H3,(H2,25,28)/t22-/m0/s1. The molecule has 0 aliphatic carbocycles. The molecule has 2 aromatic rings. The lowest BCUT2D eigenvalue weighted by atomic mass is 9.96. The number of ether oxygens (including phenoxy) is 1. The maximum atomic E-state index is 11.7. The van der Waals surface area contributed by atoms with Gasteiger partial charge in [0, 0.05) is 37.9 Å². The number of nitrogens with zero attached hydrogens (tertiary/aromatic N) is 2. The highest BCUT2D eigenvalue weighted by atomic mass is 32.2. The molecule has 178 valence electrons. The van der Waals surface area contributed by atoms with Crippen LogP contribution in [-0.2, 0) is 21.3 Å². The summed E-state index contributed by atoms with van der Waals surface area (Å²) in [6.07, 6.45) is 4.00. The first kappa shape index (κ1) is 23.5. The summed E-state index contributed by atoms with van der Waals surface area (Å²) in [5.41, 5.74) is 8.95. The summed E-state index contributed by atoms with van der Waals surface area (Å²) in [5.74, 6) is -0.759. The molecule has 1 amide bonds. The van der Waals surface area contributed by atoms with Crippen molar-refractivity contribution in [3.8, 4) is 5.75 Å². The van der Waals surface area contributed by atoms with Crippen LogP contribution in [0, 0.1) is 0 Å². The van der Waals surface area contributed by atoms with E-state index < -0.39 is 16.0 Å². The van der Waals surface area contributed by atoms with E-state index in [4.69, 9.17) is 14.7 Å². The number of amides is 1. The van der Waals surface area contributed by atoms with Gasteiger partial charge < -0.3 is 24.5 Å². The molecule has 9 heteroatoms. The highest BCUT2D eigenvalue weighted by molar-refractivity contribution is 7.86. The second kappa shape index (κ2) is 10.1. The third kappa shape index (κ3) is 6.04. The van der Waals surface area contributed by atoms with Crippen LogP contribution in [0.2, 0.25) is 0 Å². The molecule has 2 heterocycles. The fourth-order valence-corrected chi connectivity index (χ4v) is 5.08. The number of carbonyl (C=O) groups excluding carboxylic acids is 1. The predicted molar refractivity (Wildman–Crippen MR) is 127 cm³/mol. The van der Waals surface area contributed by atoms with Crippen molar-refractivity contribution in [2.24, 2.45) is 5.73 Å². The topological polar surface area (TPSA) is 102 Å². The van der Waals surface area contributed by atoms with Gasteiger partial charge in [-0.05, 0) is 49.1 Å². The summed E-state index contributed by atoms with van der Waals surface area (Å²) in [6, 6.07) is 13.4. The van der Waals surface area contributed by atoms with Crippen LogP contribution >= 0.6 is 0 Å². The van der Waals surface area contributed by atoms with Crippen molar-refractivity contribution in [2.45, 2.75) is 25.4 Å². The van der Waals surface area contributed by atoms with Gasteiger partial charge in [-0.2, -0.15) is 8.42 Å². The number of hydrogen-bond acceptors (Lipinski definition) is 7. The minimum Gasteiger partial charge on any atom is -0.382 e. The van der Waals surface area contributed by atoms with Gasteiger partial charge in [-0.3, -0.25) is 4.79 Å². The Labute approximate surface area is 195 Å². The number of primary amides is 1. The largest absolute Gasteiger partial charge is 0.382 e. The van der Waals surface area contributed by atoms with Gasteiger partial charge in [0.2, 0.25) is 0 Å². The molecule has 1 saturated heterocycles. The monoisotopic (exact) mass is 473 g/mol. The van der Waals surface area contributed by atoms with Crippen molar-refractivity contribution in [3.05, 3.63) is 59.2 Å². The van der Waals surface area contributed by atoms with Gasteiger partial charge in [0.05, 0.1) is 24.5 Å². The summed E-state index contributed by atoms with van der Waals surface area (Å²) in [5, 5.41) is 0. The Balaban J connectivity index is 1.39. The molecule has 4 rings (SSSR count). The van der Waals surface area contributed by atoms with Gasteiger partial charge in [0.1, 0.15) is 0 Å². The number of carbonyl (C=O) groups is 1. The van der Waals surface area contributed by atoms with Crippen LogP contribution in [0.5, 0.6) is 5.75 Å². The van der Waals surface area contributed by atoms with Crippen LogP contribution in [0.1, 0.15) is 40.4 Å². The minimum atomic E-state index is -3.78. The average molecular weight is 474 g/mol. The van der Waals surface area contributed by atoms with E-state index in [-0.39, 0.29) is 17.4 Å². The zero-order valence-corrected chi connectivity index (χ0v) is 19.7. The van der Waals surface area contributed by atoms with E-state index in [1.165, 1.54) is 17.2 Å². The molecule has 8 nitrogen and oxygen atoms in total. The Hall–Kier alpha value is -2.62. The van der Waals surface area contributed by atoms with Crippen molar-refractivity contribution in [1.82, 2.24) is 4.90 Å². The lowest BCUT2D eigenvalue weighted by molar-refractivity contribution is 0.0297. The molecule has 2 aromatic carbocycles. The van der Waals surface area contributed by atoms with Gasteiger partial charge in [-0.15, -0.1) is 0 Å². The Morgan fingerprint density at radius 3 is 2.76 bits per heavy atom. The number of fused-ring (bicyclic) bond motifs is 1. The molecule has 2 aliphatic heterocycles. The highest BCUT2D eigenvalue weighted by Gasteiger charge is 2.23. The smallest absolute Gasteiger partial charge is 0.306 e. The zero-order chi connectivity index (χ0) is 23.4. The van der Waals surface area contributed by atoms with Gasteiger partial charge >= 0.3 is 10.1 Å². The van der Waals surface area contributed by atoms with Crippen LogP contribution in [0.25, 0.3) is 0 Å². The molecule has 2 aliphatic rings. The fraction of sp³-hybridized carbons (Fsp3) is 0.458. The number of anilines is 1. The Morgan fingerprint density at radius 1 is 1.15 bits per heavy atom. The summed E-state index contributed by atoms with van der Waals surface area (Å²) in [7, 11) is -3.78. The van der Waals surface area contributed by atoms with Crippen LogP contribution in [-0.4, -0.2) is 64.8 Å². The van der Waals surface area contributed by atoms with Crippen molar-refractivity contribution in [2.75, 3.05) is 50.5 Å². The van der Waals surface area contributed by atoms with Gasteiger partial charge in [0.25, 0.3) is 5.91 Å². The molecule has 33 heavy (non-hydrogen) atoms. The molecule has 0 radical (unpaired) electrons. The van der Waals surface area contributed by atoms with Crippen molar-refractivity contribution in [1.29, 1.82) is 0 Å². The lowest BCUT2D eigenvalue weighted by Crippen LogP contribution is -2.32. The van der Waals surface area contributed by atoms with Crippen molar-refractivity contribution < 1.29 is 22.1 Å². The van der Waals surface area contributed by atoms with E-state index >= 15 is 0 Å². The highest BCUT2D eigenvalue weighted by Crippen LogP contribution is 2.30. The van der Waals surface area contributed by atoms with E-state index in [1.54, 1.807) is 12.1 Å². The molecular formula is C24H31N3O5S. The number of hydrogen-bond donors (Lipinski definition) is 1. The molecular weight excluding hydrogens is 442 g/mol. The average Bonchev–Trinajstić information content (AvgIpc) is 3.02. The lowest BCUT2D eigenvalue weighted by Gasteiger charge is -2.29.